The Kier molecular flexibility index (Phi) is 5.10. The predicted octanol–water partition coefficient (Wildman–Crippen LogP) is -0.319. The number of sulfonamides is 1. The van der Waals surface area contributed by atoms with E-state index in [1.54, 1.807) is 12.1 Å². The van der Waals surface area contributed by atoms with Gasteiger partial charge in [-0.3, -0.25) is 4.90 Å². The van der Waals surface area contributed by atoms with Crippen molar-refractivity contribution in [3.63, 3.8) is 0 Å². The van der Waals surface area contributed by atoms with E-state index >= 15 is 0 Å². The molecule has 0 aromatic carbocycles. The summed E-state index contributed by atoms with van der Waals surface area (Å²) < 4.78 is 26.7. The van der Waals surface area contributed by atoms with Gasteiger partial charge in [0.2, 0.25) is 0 Å². The Morgan fingerprint density at radius 3 is 2.50 bits per heavy atom. The molecule has 2 heterocycles. The van der Waals surface area contributed by atoms with Gasteiger partial charge in [-0.1, -0.05) is 12.2 Å². The third kappa shape index (κ3) is 3.35. The molecule has 1 aromatic rings. The molecule has 0 saturated carbocycles. The fourth-order valence-corrected chi connectivity index (χ4v) is 4.98. The van der Waals surface area contributed by atoms with Gasteiger partial charge in [0.25, 0.3) is 10.0 Å². The van der Waals surface area contributed by atoms with E-state index in [-0.39, 0.29) is 15.8 Å². The summed E-state index contributed by atoms with van der Waals surface area (Å²) in [5.41, 5.74) is 5.50. The summed E-state index contributed by atoms with van der Waals surface area (Å²) >= 11 is 5.95. The van der Waals surface area contributed by atoms with Crippen LogP contribution in [0.1, 0.15) is 4.88 Å². The van der Waals surface area contributed by atoms with Crippen molar-refractivity contribution in [3.05, 3.63) is 17.0 Å². The Morgan fingerprint density at radius 2 is 2.00 bits per heavy atom. The standard InChI is InChI=1S/C11H17N3O3S3/c12-11(18)9-1-2-10(19-9)20(16,17)14-5-3-13(4-6-14)7-8-15/h1-2,15H,3-8H2,(H2,12,18). The molecular formula is C11H17N3O3S3. The van der Waals surface area contributed by atoms with Crippen molar-refractivity contribution < 1.29 is 13.5 Å². The third-order valence-corrected chi connectivity index (χ3v) is 7.00. The van der Waals surface area contributed by atoms with Gasteiger partial charge in [-0.25, -0.2) is 8.42 Å². The van der Waals surface area contributed by atoms with E-state index in [0.717, 1.165) is 11.3 Å². The number of hydrogen-bond acceptors (Lipinski definition) is 6. The molecule has 3 N–H and O–H groups in total. The molecule has 0 atom stereocenters. The lowest BCUT2D eigenvalue weighted by atomic mass is 10.4. The van der Waals surface area contributed by atoms with E-state index in [9.17, 15) is 8.42 Å². The minimum atomic E-state index is -3.47. The fraction of sp³-hybridized carbons (Fsp3) is 0.545. The number of aliphatic hydroxyl groups is 1. The zero-order valence-corrected chi connectivity index (χ0v) is 13.3. The maximum atomic E-state index is 12.5. The summed E-state index contributed by atoms with van der Waals surface area (Å²) in [6, 6.07) is 3.19. The van der Waals surface area contributed by atoms with Crippen molar-refractivity contribution in [2.75, 3.05) is 39.3 Å². The van der Waals surface area contributed by atoms with E-state index in [2.05, 4.69) is 0 Å². The molecule has 0 spiro atoms. The second kappa shape index (κ2) is 6.46. The van der Waals surface area contributed by atoms with Crippen LogP contribution in [0.5, 0.6) is 0 Å². The molecule has 1 saturated heterocycles. The van der Waals surface area contributed by atoms with Gasteiger partial charge in [-0.2, -0.15) is 4.31 Å². The molecule has 0 aliphatic carbocycles. The average molecular weight is 335 g/mol. The van der Waals surface area contributed by atoms with Gasteiger partial charge in [-0.15, -0.1) is 11.3 Å². The molecular weight excluding hydrogens is 318 g/mol. The van der Waals surface area contributed by atoms with Gasteiger partial charge in [0, 0.05) is 32.7 Å². The molecule has 9 heteroatoms. The first-order valence-electron chi connectivity index (χ1n) is 6.18. The average Bonchev–Trinajstić information content (AvgIpc) is 2.90. The van der Waals surface area contributed by atoms with Crippen LogP contribution in [0.15, 0.2) is 16.3 Å². The molecule has 112 valence electrons. The second-order valence-electron chi connectivity index (χ2n) is 4.45. The van der Waals surface area contributed by atoms with Crippen molar-refractivity contribution in [2.24, 2.45) is 5.73 Å². The van der Waals surface area contributed by atoms with Gasteiger partial charge < -0.3 is 10.8 Å². The highest BCUT2D eigenvalue weighted by Gasteiger charge is 2.29. The smallest absolute Gasteiger partial charge is 0.252 e. The highest BCUT2D eigenvalue weighted by Crippen LogP contribution is 2.25. The summed E-state index contributed by atoms with van der Waals surface area (Å²) in [5, 5.41) is 8.88. The lowest BCUT2D eigenvalue weighted by Gasteiger charge is -2.33. The highest BCUT2D eigenvalue weighted by molar-refractivity contribution is 7.91. The normalized spacial score (nSPS) is 18.2. The zero-order valence-electron chi connectivity index (χ0n) is 10.9. The number of thiophene rings is 1. The molecule has 0 bridgehead atoms. The van der Waals surface area contributed by atoms with Crippen LogP contribution >= 0.6 is 23.6 Å². The van der Waals surface area contributed by atoms with Crippen molar-refractivity contribution in [2.45, 2.75) is 4.21 Å². The molecule has 2 rings (SSSR count). The maximum Gasteiger partial charge on any atom is 0.252 e. The third-order valence-electron chi connectivity index (χ3n) is 3.17. The second-order valence-corrected chi connectivity index (χ2v) is 8.14. The van der Waals surface area contributed by atoms with Crippen LogP contribution in [0.4, 0.5) is 0 Å². The Hall–Kier alpha value is -0.580. The molecule has 1 aliphatic heterocycles. The molecule has 1 fully saturated rings. The molecule has 1 aliphatic rings. The van der Waals surface area contributed by atoms with Crippen LogP contribution in [0.3, 0.4) is 0 Å². The lowest BCUT2D eigenvalue weighted by Crippen LogP contribution is -2.49. The van der Waals surface area contributed by atoms with E-state index < -0.39 is 10.0 Å². The van der Waals surface area contributed by atoms with Crippen LogP contribution in [0.25, 0.3) is 0 Å². The van der Waals surface area contributed by atoms with Crippen LogP contribution in [0, 0.1) is 0 Å². The number of β-amino-alcohol motifs (C(OH)–C–C–N with tert-alkyl or cyclic N) is 1. The summed E-state index contributed by atoms with van der Waals surface area (Å²) in [5.74, 6) is 0. The van der Waals surface area contributed by atoms with E-state index in [1.807, 2.05) is 4.90 Å². The van der Waals surface area contributed by atoms with Crippen LogP contribution in [-0.2, 0) is 10.0 Å². The molecule has 6 nitrogen and oxygen atoms in total. The minimum Gasteiger partial charge on any atom is -0.395 e. The first-order chi connectivity index (χ1) is 9.45. The Balaban J connectivity index is 2.09. The monoisotopic (exact) mass is 335 g/mol. The molecule has 1 aromatic heterocycles. The summed E-state index contributed by atoms with van der Waals surface area (Å²) in [6.45, 7) is 2.80. The number of piperazine rings is 1. The highest BCUT2D eigenvalue weighted by atomic mass is 32.2. The number of aliphatic hydroxyl groups excluding tert-OH is 1. The number of rotatable bonds is 5. The first kappa shape index (κ1) is 15.8. The summed E-state index contributed by atoms with van der Waals surface area (Å²) in [7, 11) is -3.47. The molecule has 0 amide bonds. The van der Waals surface area contributed by atoms with E-state index in [0.29, 0.717) is 37.6 Å². The zero-order chi connectivity index (χ0) is 14.8. The fourth-order valence-electron chi connectivity index (χ4n) is 2.05. The van der Waals surface area contributed by atoms with Gasteiger partial charge >= 0.3 is 0 Å². The quantitative estimate of drug-likeness (QED) is 0.717. The van der Waals surface area contributed by atoms with Crippen LogP contribution < -0.4 is 5.73 Å². The SMILES string of the molecule is NC(=S)c1ccc(S(=O)(=O)N2CCN(CCO)CC2)s1. The number of nitrogens with two attached hydrogens (primary N) is 1. The molecule has 20 heavy (non-hydrogen) atoms. The lowest BCUT2D eigenvalue weighted by molar-refractivity contribution is 0.151. The topological polar surface area (TPSA) is 86.9 Å². The maximum absolute atomic E-state index is 12.5. The number of hydrogen-bond donors (Lipinski definition) is 2. The van der Waals surface area contributed by atoms with Crippen LogP contribution in [0.2, 0.25) is 0 Å². The summed E-state index contributed by atoms with van der Waals surface area (Å²) in [4.78, 5) is 2.86. The Bertz CT molecular complexity index is 577. The van der Waals surface area contributed by atoms with E-state index in [1.165, 1.54) is 4.31 Å². The summed E-state index contributed by atoms with van der Waals surface area (Å²) in [6.07, 6.45) is 0. The van der Waals surface area contributed by atoms with Crippen molar-refractivity contribution in [1.29, 1.82) is 0 Å². The van der Waals surface area contributed by atoms with Gasteiger partial charge in [0.05, 0.1) is 11.5 Å². The Morgan fingerprint density at radius 1 is 1.35 bits per heavy atom. The minimum absolute atomic E-state index is 0.0922. The number of nitrogens with zero attached hydrogens (tertiary/aromatic N) is 2. The largest absolute Gasteiger partial charge is 0.395 e. The van der Waals surface area contributed by atoms with Crippen LogP contribution in [-0.4, -0.2) is 67.0 Å². The molecule has 0 unspecified atom stereocenters. The van der Waals surface area contributed by atoms with Gasteiger partial charge in [0.1, 0.15) is 9.20 Å². The Labute approximate surface area is 127 Å². The van der Waals surface area contributed by atoms with Crippen molar-refractivity contribution in [1.82, 2.24) is 9.21 Å². The van der Waals surface area contributed by atoms with Crippen molar-refractivity contribution >= 4 is 38.6 Å². The molecule has 0 radical (unpaired) electrons. The van der Waals surface area contributed by atoms with E-state index in [4.69, 9.17) is 23.1 Å². The number of thiocarbonyl (C=S) groups is 1. The van der Waals surface area contributed by atoms with Gasteiger partial charge in [0.15, 0.2) is 0 Å². The van der Waals surface area contributed by atoms with Crippen molar-refractivity contribution in [3.8, 4) is 0 Å². The van der Waals surface area contributed by atoms with Gasteiger partial charge in [-0.05, 0) is 12.1 Å². The predicted molar refractivity (Wildman–Crippen MR) is 82.5 cm³/mol. The first-order valence-corrected chi connectivity index (χ1v) is 8.84.